The van der Waals surface area contributed by atoms with Crippen molar-refractivity contribution in [2.75, 3.05) is 6.54 Å². The maximum atomic E-state index is 11.3. The molecule has 0 unspecified atom stereocenters. The van der Waals surface area contributed by atoms with E-state index in [4.69, 9.17) is 10.2 Å². The fourth-order valence-corrected chi connectivity index (χ4v) is 2.19. The van der Waals surface area contributed by atoms with Gasteiger partial charge in [0, 0.05) is 37.7 Å². The molecule has 1 aliphatic heterocycles. The van der Waals surface area contributed by atoms with Crippen molar-refractivity contribution in [2.24, 2.45) is 0 Å². The van der Waals surface area contributed by atoms with Gasteiger partial charge in [-0.1, -0.05) is 0 Å². The average Bonchev–Trinajstić information content (AvgIpc) is 2.66. The van der Waals surface area contributed by atoms with E-state index in [1.165, 1.54) is 16.5 Å². The molecule has 2 rings (SSSR count). The lowest BCUT2D eigenvalue weighted by Gasteiger charge is -2.26. The van der Waals surface area contributed by atoms with Crippen LogP contribution in [0.2, 0.25) is 0 Å². The topological polar surface area (TPSA) is 113 Å². The molecule has 1 aromatic rings. The van der Waals surface area contributed by atoms with Crippen LogP contribution >= 0.6 is 0 Å². The predicted molar refractivity (Wildman–Crippen MR) is 61.6 cm³/mol. The van der Waals surface area contributed by atoms with Crippen molar-refractivity contribution in [3.8, 4) is 0 Å². The summed E-state index contributed by atoms with van der Waals surface area (Å²) in [5.41, 5.74) is 0.828. The number of fused-ring (bicyclic) bond motifs is 1. The van der Waals surface area contributed by atoms with Gasteiger partial charge in [-0.2, -0.15) is 5.10 Å². The van der Waals surface area contributed by atoms with Crippen LogP contribution in [0.15, 0.2) is 0 Å². The first kappa shape index (κ1) is 13.1. The first-order valence-electron chi connectivity index (χ1n) is 5.69. The molecular formula is C11H13N3O5. The standard InChI is InChI=1S/C11H13N3O5/c1-6(15)13-3-2-8-7(4-13)10(11(18)19)12-14(8)5-9(16)17/h2-5H2,1H3,(H,16,17)(H,18,19). The van der Waals surface area contributed by atoms with Crippen molar-refractivity contribution >= 4 is 17.8 Å². The number of carbonyl (C=O) groups is 3. The van der Waals surface area contributed by atoms with Crippen molar-refractivity contribution < 1.29 is 24.6 Å². The molecule has 1 aromatic heterocycles. The number of nitrogens with zero attached hydrogens (tertiary/aromatic N) is 3. The van der Waals surface area contributed by atoms with Crippen molar-refractivity contribution in [1.82, 2.24) is 14.7 Å². The van der Waals surface area contributed by atoms with E-state index in [1.54, 1.807) is 0 Å². The van der Waals surface area contributed by atoms with Crippen LogP contribution in [0.25, 0.3) is 0 Å². The number of aromatic nitrogens is 2. The Kier molecular flexibility index (Phi) is 3.24. The molecule has 0 aliphatic carbocycles. The summed E-state index contributed by atoms with van der Waals surface area (Å²) in [5.74, 6) is -2.45. The van der Waals surface area contributed by atoms with Crippen LogP contribution in [0.5, 0.6) is 0 Å². The van der Waals surface area contributed by atoms with Gasteiger partial charge in [0.2, 0.25) is 5.91 Å². The van der Waals surface area contributed by atoms with E-state index in [0.717, 1.165) is 0 Å². The molecule has 0 fully saturated rings. The molecule has 8 heteroatoms. The maximum Gasteiger partial charge on any atom is 0.356 e. The Bertz CT molecular complexity index is 563. The number of aromatic carboxylic acids is 1. The summed E-state index contributed by atoms with van der Waals surface area (Å²) in [6, 6.07) is 0. The van der Waals surface area contributed by atoms with Crippen LogP contribution in [0.1, 0.15) is 28.7 Å². The lowest BCUT2D eigenvalue weighted by molar-refractivity contribution is -0.138. The number of carbonyl (C=O) groups excluding carboxylic acids is 1. The summed E-state index contributed by atoms with van der Waals surface area (Å²) >= 11 is 0. The minimum absolute atomic E-state index is 0.145. The monoisotopic (exact) mass is 267 g/mol. The molecule has 0 radical (unpaired) electrons. The zero-order valence-electron chi connectivity index (χ0n) is 10.3. The normalized spacial score (nSPS) is 14.1. The molecule has 0 saturated heterocycles. The molecule has 1 amide bonds. The van der Waals surface area contributed by atoms with Gasteiger partial charge in [0.1, 0.15) is 6.54 Å². The van der Waals surface area contributed by atoms with E-state index >= 15 is 0 Å². The van der Waals surface area contributed by atoms with E-state index in [1.807, 2.05) is 0 Å². The Morgan fingerprint density at radius 3 is 2.53 bits per heavy atom. The van der Waals surface area contributed by atoms with Crippen LogP contribution in [0, 0.1) is 0 Å². The summed E-state index contributed by atoms with van der Waals surface area (Å²) in [7, 11) is 0. The maximum absolute atomic E-state index is 11.3. The van der Waals surface area contributed by atoms with E-state index in [-0.39, 0.29) is 24.7 Å². The number of carboxylic acid groups (broad SMARTS) is 2. The molecule has 0 atom stereocenters. The molecule has 0 saturated carbocycles. The highest BCUT2D eigenvalue weighted by molar-refractivity contribution is 5.88. The number of hydrogen-bond acceptors (Lipinski definition) is 4. The SMILES string of the molecule is CC(=O)N1CCc2c(c(C(=O)O)nn2CC(=O)O)C1. The molecule has 102 valence electrons. The number of aliphatic carboxylic acids is 1. The van der Waals surface area contributed by atoms with Gasteiger partial charge in [0.15, 0.2) is 5.69 Å². The summed E-state index contributed by atoms with van der Waals surface area (Å²) in [4.78, 5) is 34.7. The third-order valence-electron chi connectivity index (χ3n) is 3.07. The second-order valence-electron chi connectivity index (χ2n) is 4.32. The van der Waals surface area contributed by atoms with E-state index < -0.39 is 11.9 Å². The molecule has 2 N–H and O–H groups in total. The van der Waals surface area contributed by atoms with Crippen LogP contribution < -0.4 is 0 Å². The highest BCUT2D eigenvalue weighted by atomic mass is 16.4. The van der Waals surface area contributed by atoms with Crippen LogP contribution in [-0.4, -0.2) is 49.3 Å². The lowest BCUT2D eigenvalue weighted by atomic mass is 10.1. The largest absolute Gasteiger partial charge is 0.480 e. The number of amides is 1. The van der Waals surface area contributed by atoms with Gasteiger partial charge in [-0.3, -0.25) is 14.3 Å². The molecule has 2 heterocycles. The van der Waals surface area contributed by atoms with Gasteiger partial charge in [-0.15, -0.1) is 0 Å². The Morgan fingerprint density at radius 1 is 1.32 bits per heavy atom. The number of carboxylic acids is 2. The molecular weight excluding hydrogens is 254 g/mol. The van der Waals surface area contributed by atoms with Gasteiger partial charge < -0.3 is 15.1 Å². The molecule has 8 nitrogen and oxygen atoms in total. The predicted octanol–water partition coefficient (Wildman–Crippen LogP) is -0.429. The molecule has 0 bridgehead atoms. The zero-order valence-corrected chi connectivity index (χ0v) is 10.3. The first-order valence-corrected chi connectivity index (χ1v) is 5.69. The van der Waals surface area contributed by atoms with Crippen LogP contribution in [0.3, 0.4) is 0 Å². The Morgan fingerprint density at radius 2 is 2.00 bits per heavy atom. The van der Waals surface area contributed by atoms with Crippen molar-refractivity contribution in [2.45, 2.75) is 26.4 Å². The number of rotatable bonds is 3. The summed E-state index contributed by atoms with van der Waals surface area (Å²) in [5, 5.41) is 21.7. The fourth-order valence-electron chi connectivity index (χ4n) is 2.19. The van der Waals surface area contributed by atoms with Crippen LogP contribution in [-0.2, 0) is 29.1 Å². The second kappa shape index (κ2) is 4.71. The van der Waals surface area contributed by atoms with Gasteiger partial charge in [0.25, 0.3) is 0 Å². The van der Waals surface area contributed by atoms with E-state index in [2.05, 4.69) is 5.10 Å². The van der Waals surface area contributed by atoms with Gasteiger partial charge in [0.05, 0.1) is 0 Å². The van der Waals surface area contributed by atoms with E-state index in [0.29, 0.717) is 24.2 Å². The van der Waals surface area contributed by atoms with E-state index in [9.17, 15) is 14.4 Å². The summed E-state index contributed by atoms with van der Waals surface area (Å²) in [6.07, 6.45) is 0.405. The Labute approximate surface area is 108 Å². The molecule has 1 aliphatic rings. The van der Waals surface area contributed by atoms with Gasteiger partial charge in [-0.25, -0.2) is 4.79 Å². The third-order valence-corrected chi connectivity index (χ3v) is 3.07. The van der Waals surface area contributed by atoms with Crippen molar-refractivity contribution in [3.05, 3.63) is 17.0 Å². The van der Waals surface area contributed by atoms with Gasteiger partial charge >= 0.3 is 11.9 Å². The lowest BCUT2D eigenvalue weighted by Crippen LogP contribution is -2.35. The molecule has 0 spiro atoms. The third kappa shape index (κ3) is 2.42. The quantitative estimate of drug-likeness (QED) is 0.768. The average molecular weight is 267 g/mol. The summed E-state index contributed by atoms with van der Waals surface area (Å²) < 4.78 is 1.19. The van der Waals surface area contributed by atoms with Gasteiger partial charge in [-0.05, 0) is 0 Å². The Balaban J connectivity index is 2.43. The Hall–Kier alpha value is -2.38. The molecule has 19 heavy (non-hydrogen) atoms. The fraction of sp³-hybridized carbons (Fsp3) is 0.455. The number of hydrogen-bond donors (Lipinski definition) is 2. The minimum atomic E-state index is -1.22. The smallest absolute Gasteiger partial charge is 0.356 e. The minimum Gasteiger partial charge on any atom is -0.480 e. The summed E-state index contributed by atoms with van der Waals surface area (Å²) in [6.45, 7) is 1.63. The molecule has 0 aromatic carbocycles. The van der Waals surface area contributed by atoms with Crippen molar-refractivity contribution in [3.63, 3.8) is 0 Å². The van der Waals surface area contributed by atoms with Crippen molar-refractivity contribution in [1.29, 1.82) is 0 Å². The highest BCUT2D eigenvalue weighted by Gasteiger charge is 2.29. The zero-order chi connectivity index (χ0) is 14.2. The van der Waals surface area contributed by atoms with Crippen LogP contribution in [0.4, 0.5) is 0 Å². The second-order valence-corrected chi connectivity index (χ2v) is 4.32. The highest BCUT2D eigenvalue weighted by Crippen LogP contribution is 2.23. The first-order chi connectivity index (χ1) is 8.90.